The highest BCUT2D eigenvalue weighted by Gasteiger charge is 2.13. The molecule has 118 valence electrons. The van der Waals surface area contributed by atoms with Gasteiger partial charge in [-0.25, -0.2) is 0 Å². The first-order chi connectivity index (χ1) is 10.7. The quantitative estimate of drug-likeness (QED) is 0.727. The maximum absolute atomic E-state index is 12.0. The summed E-state index contributed by atoms with van der Waals surface area (Å²) in [5, 5.41) is 22.9. The van der Waals surface area contributed by atoms with Gasteiger partial charge in [-0.2, -0.15) is 0 Å². The van der Waals surface area contributed by atoms with E-state index in [-0.39, 0.29) is 18.7 Å². The maximum Gasteiger partial charge on any atom is 0.251 e. The molecule has 6 nitrogen and oxygen atoms in total. The van der Waals surface area contributed by atoms with Gasteiger partial charge in [0.25, 0.3) is 5.56 Å². The Labute approximate surface area is 128 Å². The number of pyridine rings is 1. The number of aromatic nitrogens is 1. The Balaban J connectivity index is 1.99. The van der Waals surface area contributed by atoms with Gasteiger partial charge in [-0.05, 0) is 24.3 Å². The minimum atomic E-state index is -0.934. The van der Waals surface area contributed by atoms with Crippen LogP contribution in [0.3, 0.4) is 0 Å². The van der Waals surface area contributed by atoms with Crippen LogP contribution in [0.15, 0.2) is 35.1 Å². The molecule has 0 saturated carbocycles. The topological polar surface area (TPSA) is 77.7 Å². The molecule has 1 fully saturated rings. The van der Waals surface area contributed by atoms with E-state index in [4.69, 9.17) is 5.11 Å². The van der Waals surface area contributed by atoms with Gasteiger partial charge in [0.05, 0.1) is 24.8 Å². The van der Waals surface area contributed by atoms with Gasteiger partial charge in [0.15, 0.2) is 0 Å². The molecule has 0 aliphatic carbocycles. The van der Waals surface area contributed by atoms with Crippen LogP contribution in [0.5, 0.6) is 0 Å². The Hall–Kier alpha value is -1.89. The standard InChI is InChI=1S/C16H21N3O3/c20-11-14(21)10-19-15-3-2-13(18-7-5-17-6-8-18)9-12(15)1-4-16(19)22/h1-4,9,14,17,20-21H,5-8,10-11H2. The van der Waals surface area contributed by atoms with Crippen LogP contribution in [0.1, 0.15) is 0 Å². The number of nitrogens with zero attached hydrogens (tertiary/aromatic N) is 2. The second-order valence-electron chi connectivity index (χ2n) is 5.60. The van der Waals surface area contributed by atoms with Crippen LogP contribution in [0, 0.1) is 0 Å². The normalized spacial score (nSPS) is 16.9. The number of aliphatic hydroxyl groups excluding tert-OH is 2. The predicted octanol–water partition coefficient (Wildman–Crippen LogP) is -0.236. The molecule has 3 N–H and O–H groups in total. The Bertz CT molecular complexity index is 707. The van der Waals surface area contributed by atoms with Gasteiger partial charge in [0, 0.05) is 43.3 Å². The van der Waals surface area contributed by atoms with Crippen molar-refractivity contribution in [3.63, 3.8) is 0 Å². The lowest BCUT2D eigenvalue weighted by atomic mass is 10.1. The summed E-state index contributed by atoms with van der Waals surface area (Å²) >= 11 is 0. The van der Waals surface area contributed by atoms with Crippen molar-refractivity contribution >= 4 is 16.6 Å². The Morgan fingerprint density at radius 3 is 2.68 bits per heavy atom. The number of rotatable bonds is 4. The summed E-state index contributed by atoms with van der Waals surface area (Å²) in [5.74, 6) is 0. The highest BCUT2D eigenvalue weighted by atomic mass is 16.3. The van der Waals surface area contributed by atoms with E-state index in [0.717, 1.165) is 42.8 Å². The van der Waals surface area contributed by atoms with Crippen molar-refractivity contribution in [2.45, 2.75) is 12.6 Å². The minimum Gasteiger partial charge on any atom is -0.394 e. The van der Waals surface area contributed by atoms with Gasteiger partial charge >= 0.3 is 0 Å². The maximum atomic E-state index is 12.0. The summed E-state index contributed by atoms with van der Waals surface area (Å²) in [6.45, 7) is 3.62. The number of aliphatic hydroxyl groups is 2. The fourth-order valence-electron chi connectivity index (χ4n) is 2.87. The lowest BCUT2D eigenvalue weighted by Crippen LogP contribution is -2.43. The van der Waals surface area contributed by atoms with Gasteiger partial charge in [0.1, 0.15) is 0 Å². The Kier molecular flexibility index (Phi) is 4.42. The van der Waals surface area contributed by atoms with Crippen molar-refractivity contribution in [2.24, 2.45) is 0 Å². The molecule has 1 aliphatic heterocycles. The molecule has 1 atom stereocenters. The van der Waals surface area contributed by atoms with Crippen LogP contribution >= 0.6 is 0 Å². The molecule has 22 heavy (non-hydrogen) atoms. The van der Waals surface area contributed by atoms with E-state index in [2.05, 4.69) is 16.3 Å². The van der Waals surface area contributed by atoms with E-state index in [1.807, 2.05) is 18.2 Å². The van der Waals surface area contributed by atoms with Crippen molar-refractivity contribution in [1.29, 1.82) is 0 Å². The zero-order valence-corrected chi connectivity index (χ0v) is 12.4. The highest BCUT2D eigenvalue weighted by Crippen LogP contribution is 2.21. The van der Waals surface area contributed by atoms with E-state index in [0.29, 0.717) is 0 Å². The van der Waals surface area contributed by atoms with Gasteiger partial charge in [0.2, 0.25) is 0 Å². The zero-order valence-electron chi connectivity index (χ0n) is 12.4. The first-order valence-corrected chi connectivity index (χ1v) is 7.57. The smallest absolute Gasteiger partial charge is 0.251 e. The molecule has 2 heterocycles. The van der Waals surface area contributed by atoms with E-state index < -0.39 is 6.10 Å². The molecular formula is C16H21N3O3. The number of hydrogen-bond acceptors (Lipinski definition) is 5. The fraction of sp³-hybridized carbons (Fsp3) is 0.438. The third kappa shape index (κ3) is 2.99. The van der Waals surface area contributed by atoms with Crippen molar-refractivity contribution in [3.05, 3.63) is 40.7 Å². The number of piperazine rings is 1. The second-order valence-corrected chi connectivity index (χ2v) is 5.60. The molecule has 1 aromatic heterocycles. The summed E-state index contributed by atoms with van der Waals surface area (Å²) in [7, 11) is 0. The van der Waals surface area contributed by atoms with Crippen molar-refractivity contribution in [1.82, 2.24) is 9.88 Å². The van der Waals surface area contributed by atoms with Gasteiger partial charge in [-0.15, -0.1) is 0 Å². The molecule has 0 radical (unpaired) electrons. The number of benzene rings is 1. The second kappa shape index (κ2) is 6.48. The van der Waals surface area contributed by atoms with Gasteiger partial charge in [-0.3, -0.25) is 4.79 Å². The first kappa shape index (κ1) is 15.0. The van der Waals surface area contributed by atoms with Gasteiger partial charge in [-0.1, -0.05) is 0 Å². The van der Waals surface area contributed by atoms with Crippen molar-refractivity contribution < 1.29 is 10.2 Å². The molecule has 0 amide bonds. The fourth-order valence-corrected chi connectivity index (χ4v) is 2.87. The van der Waals surface area contributed by atoms with Crippen LogP contribution in [0.2, 0.25) is 0 Å². The average Bonchev–Trinajstić information content (AvgIpc) is 2.57. The van der Waals surface area contributed by atoms with E-state index in [9.17, 15) is 9.90 Å². The summed E-state index contributed by atoms with van der Waals surface area (Å²) in [6.07, 6.45) is -0.934. The van der Waals surface area contributed by atoms with Crippen LogP contribution in [-0.2, 0) is 6.54 Å². The molecule has 1 saturated heterocycles. The summed E-state index contributed by atoms with van der Waals surface area (Å²) in [6, 6.07) is 9.31. The molecule has 0 bridgehead atoms. The molecule has 2 aromatic rings. The largest absolute Gasteiger partial charge is 0.394 e. The minimum absolute atomic E-state index is 0.0969. The van der Waals surface area contributed by atoms with Crippen molar-refractivity contribution in [2.75, 3.05) is 37.7 Å². The number of anilines is 1. The Morgan fingerprint density at radius 1 is 1.18 bits per heavy atom. The monoisotopic (exact) mass is 303 g/mol. The molecule has 1 unspecified atom stereocenters. The van der Waals surface area contributed by atoms with Crippen LogP contribution in [0.25, 0.3) is 10.9 Å². The third-order valence-electron chi connectivity index (χ3n) is 4.06. The molecule has 6 heteroatoms. The molecule has 3 rings (SSSR count). The molecule has 0 spiro atoms. The number of fused-ring (bicyclic) bond motifs is 1. The SMILES string of the molecule is O=c1ccc2cc(N3CCNCC3)ccc2n1CC(O)CO. The van der Waals surface area contributed by atoms with Gasteiger partial charge < -0.3 is 25.0 Å². The first-order valence-electron chi connectivity index (χ1n) is 7.57. The third-order valence-corrected chi connectivity index (χ3v) is 4.06. The van der Waals surface area contributed by atoms with Crippen LogP contribution in [0.4, 0.5) is 5.69 Å². The summed E-state index contributed by atoms with van der Waals surface area (Å²) in [5.41, 5.74) is 1.75. The summed E-state index contributed by atoms with van der Waals surface area (Å²) < 4.78 is 1.51. The highest BCUT2D eigenvalue weighted by molar-refractivity contribution is 5.83. The Morgan fingerprint density at radius 2 is 1.95 bits per heavy atom. The van der Waals surface area contributed by atoms with Crippen molar-refractivity contribution in [3.8, 4) is 0 Å². The number of hydrogen-bond donors (Lipinski definition) is 3. The van der Waals surface area contributed by atoms with E-state index in [1.165, 1.54) is 10.6 Å². The number of nitrogens with one attached hydrogen (secondary N) is 1. The molecule has 1 aromatic carbocycles. The van der Waals surface area contributed by atoms with Crippen LogP contribution < -0.4 is 15.8 Å². The lowest BCUT2D eigenvalue weighted by Gasteiger charge is -2.29. The van der Waals surface area contributed by atoms with E-state index >= 15 is 0 Å². The molecule has 1 aliphatic rings. The molecular weight excluding hydrogens is 282 g/mol. The van der Waals surface area contributed by atoms with E-state index in [1.54, 1.807) is 0 Å². The summed E-state index contributed by atoms with van der Waals surface area (Å²) in [4.78, 5) is 14.3. The predicted molar refractivity (Wildman–Crippen MR) is 86.4 cm³/mol. The average molecular weight is 303 g/mol. The zero-order chi connectivity index (χ0) is 15.5. The van der Waals surface area contributed by atoms with Crippen LogP contribution in [-0.4, -0.2) is 53.7 Å². The lowest BCUT2D eigenvalue weighted by molar-refractivity contribution is 0.0814.